The van der Waals surface area contributed by atoms with Crippen molar-refractivity contribution in [1.29, 1.82) is 0 Å². The maximum Gasteiger partial charge on any atom is 0.315 e. The van der Waals surface area contributed by atoms with Crippen LogP contribution in [-0.2, 0) is 4.74 Å². The fraction of sp³-hybridized carbons (Fsp3) is 0.812. The number of amides is 2. The van der Waals surface area contributed by atoms with E-state index in [4.69, 9.17) is 4.74 Å². The Balaban J connectivity index is 1.86. The molecule has 0 spiro atoms. The summed E-state index contributed by atoms with van der Waals surface area (Å²) in [5.41, 5.74) is 0.103. The number of nitrogens with zero attached hydrogens (tertiary/aromatic N) is 1. The summed E-state index contributed by atoms with van der Waals surface area (Å²) in [6.07, 6.45) is 4.73. The maximum absolute atomic E-state index is 12.2. The van der Waals surface area contributed by atoms with Gasteiger partial charge in [0, 0.05) is 37.0 Å². The average molecular weight is 327 g/mol. The van der Waals surface area contributed by atoms with E-state index in [0.29, 0.717) is 0 Å². The zero-order valence-electron chi connectivity index (χ0n) is 13.6. The van der Waals surface area contributed by atoms with Crippen LogP contribution >= 0.6 is 11.8 Å². The molecule has 126 valence electrons. The molecule has 2 atom stereocenters. The van der Waals surface area contributed by atoms with Crippen LogP contribution in [0.2, 0.25) is 0 Å². The summed E-state index contributed by atoms with van der Waals surface area (Å²) in [5, 5.41) is 6.15. The number of carbonyl (C=O) groups is 1. The lowest BCUT2D eigenvalue weighted by Crippen LogP contribution is -2.60. The van der Waals surface area contributed by atoms with Gasteiger partial charge in [-0.05, 0) is 25.0 Å². The van der Waals surface area contributed by atoms with Crippen LogP contribution in [-0.4, -0.2) is 66.9 Å². The standard InChI is InChI=1S/C16H29N3O2S/c1-3-5-14(4-2)18-15(20)17-12-16(6-11-22-13-16)19-7-9-21-10-8-19/h3,14H,1,4-13H2,2H3,(H2,17,18,20)/t14-,16+/m1/s1. The third-order valence-electron chi connectivity index (χ3n) is 4.62. The number of hydrogen-bond donors (Lipinski definition) is 2. The molecule has 0 aromatic rings. The smallest absolute Gasteiger partial charge is 0.315 e. The van der Waals surface area contributed by atoms with Gasteiger partial charge in [0.2, 0.25) is 0 Å². The fourth-order valence-corrected chi connectivity index (χ4v) is 4.62. The summed E-state index contributed by atoms with van der Waals surface area (Å²) in [6, 6.07) is 0.119. The second kappa shape index (κ2) is 8.79. The Morgan fingerprint density at radius 1 is 1.50 bits per heavy atom. The molecule has 5 nitrogen and oxygen atoms in total. The number of urea groups is 1. The Hall–Kier alpha value is -0.720. The molecule has 0 aromatic carbocycles. The third-order valence-corrected chi connectivity index (χ3v) is 5.86. The van der Waals surface area contributed by atoms with Gasteiger partial charge >= 0.3 is 6.03 Å². The van der Waals surface area contributed by atoms with E-state index in [2.05, 4.69) is 29.0 Å². The Bertz CT molecular complexity index is 366. The molecule has 0 aliphatic carbocycles. The first-order valence-corrected chi connectivity index (χ1v) is 9.41. The zero-order valence-corrected chi connectivity index (χ0v) is 14.4. The molecule has 0 bridgehead atoms. The normalized spacial score (nSPS) is 27.3. The van der Waals surface area contributed by atoms with Gasteiger partial charge < -0.3 is 15.4 Å². The molecule has 6 heteroatoms. The summed E-state index contributed by atoms with van der Waals surface area (Å²) < 4.78 is 5.47. The molecule has 2 rings (SSSR count). The first-order chi connectivity index (χ1) is 10.7. The topological polar surface area (TPSA) is 53.6 Å². The zero-order chi connectivity index (χ0) is 15.8. The number of morpholine rings is 1. The van der Waals surface area contributed by atoms with Crippen LogP contribution in [0.1, 0.15) is 26.2 Å². The molecule has 2 aliphatic heterocycles. The van der Waals surface area contributed by atoms with Gasteiger partial charge in [0.25, 0.3) is 0 Å². The quantitative estimate of drug-likeness (QED) is 0.701. The first kappa shape index (κ1) is 17.6. The van der Waals surface area contributed by atoms with Gasteiger partial charge in [-0.3, -0.25) is 4.90 Å². The summed E-state index contributed by atoms with van der Waals surface area (Å²) in [6.45, 7) is 10.1. The van der Waals surface area contributed by atoms with Crippen molar-refractivity contribution in [3.63, 3.8) is 0 Å². The van der Waals surface area contributed by atoms with Crippen LogP contribution in [0.15, 0.2) is 12.7 Å². The minimum Gasteiger partial charge on any atom is -0.379 e. The van der Waals surface area contributed by atoms with Gasteiger partial charge in [-0.25, -0.2) is 4.79 Å². The molecule has 2 fully saturated rings. The predicted molar refractivity (Wildman–Crippen MR) is 92.5 cm³/mol. The highest BCUT2D eigenvalue weighted by atomic mass is 32.2. The SMILES string of the molecule is C=CC[C@@H](CC)NC(=O)NC[C@@]1(N2CCOCC2)CCSC1. The number of rotatable bonds is 7. The van der Waals surface area contributed by atoms with Crippen molar-refractivity contribution in [2.75, 3.05) is 44.4 Å². The predicted octanol–water partition coefficient (Wildman–Crippen LogP) is 1.85. The Kier molecular flexibility index (Phi) is 7.05. The van der Waals surface area contributed by atoms with Crippen molar-refractivity contribution in [3.8, 4) is 0 Å². The van der Waals surface area contributed by atoms with Gasteiger partial charge in [-0.15, -0.1) is 6.58 Å². The molecule has 0 saturated carbocycles. The minimum atomic E-state index is -0.0572. The summed E-state index contributed by atoms with van der Waals surface area (Å²) >= 11 is 1.99. The van der Waals surface area contributed by atoms with Crippen LogP contribution in [0.3, 0.4) is 0 Å². The van der Waals surface area contributed by atoms with E-state index in [9.17, 15) is 4.79 Å². The molecule has 2 N–H and O–H groups in total. The first-order valence-electron chi connectivity index (χ1n) is 8.26. The van der Waals surface area contributed by atoms with E-state index in [1.165, 1.54) is 5.75 Å². The van der Waals surface area contributed by atoms with E-state index in [1.807, 2.05) is 17.8 Å². The van der Waals surface area contributed by atoms with Crippen LogP contribution in [0, 0.1) is 0 Å². The van der Waals surface area contributed by atoms with Crippen LogP contribution in [0.5, 0.6) is 0 Å². The molecule has 0 radical (unpaired) electrons. The second-order valence-corrected chi connectivity index (χ2v) is 7.19. The van der Waals surface area contributed by atoms with Gasteiger partial charge in [-0.2, -0.15) is 11.8 Å². The van der Waals surface area contributed by atoms with Gasteiger partial charge in [0.1, 0.15) is 0 Å². The summed E-state index contributed by atoms with van der Waals surface area (Å²) in [4.78, 5) is 14.7. The monoisotopic (exact) mass is 327 g/mol. The van der Waals surface area contributed by atoms with Gasteiger partial charge in [0.15, 0.2) is 0 Å². The van der Waals surface area contributed by atoms with Crippen LogP contribution in [0.25, 0.3) is 0 Å². The second-order valence-electron chi connectivity index (χ2n) is 6.08. The lowest BCUT2D eigenvalue weighted by atomic mass is 9.95. The van der Waals surface area contributed by atoms with Crippen molar-refractivity contribution in [2.24, 2.45) is 0 Å². The van der Waals surface area contributed by atoms with Gasteiger partial charge in [0.05, 0.1) is 13.2 Å². The Morgan fingerprint density at radius 2 is 2.27 bits per heavy atom. The molecular formula is C16H29N3O2S. The van der Waals surface area contributed by atoms with Crippen LogP contribution < -0.4 is 10.6 Å². The average Bonchev–Trinajstić information content (AvgIpc) is 3.03. The van der Waals surface area contributed by atoms with Crippen LogP contribution in [0.4, 0.5) is 4.79 Å². The van der Waals surface area contributed by atoms with Gasteiger partial charge in [-0.1, -0.05) is 13.0 Å². The van der Waals surface area contributed by atoms with E-state index in [0.717, 1.165) is 57.9 Å². The molecule has 2 saturated heterocycles. The number of nitrogens with one attached hydrogen (secondary N) is 2. The van der Waals surface area contributed by atoms with E-state index in [1.54, 1.807) is 0 Å². The van der Waals surface area contributed by atoms with Crippen molar-refractivity contribution in [1.82, 2.24) is 15.5 Å². The minimum absolute atomic E-state index is 0.0572. The third kappa shape index (κ3) is 4.64. The Labute approximate surface area is 138 Å². The number of carbonyl (C=O) groups excluding carboxylic acids is 1. The van der Waals surface area contributed by atoms with Crippen molar-refractivity contribution in [3.05, 3.63) is 12.7 Å². The number of hydrogen-bond acceptors (Lipinski definition) is 4. The number of thioether (sulfide) groups is 1. The molecule has 2 aliphatic rings. The van der Waals surface area contributed by atoms with Crippen molar-refractivity contribution < 1.29 is 9.53 Å². The summed E-state index contributed by atoms with van der Waals surface area (Å²) in [7, 11) is 0. The molecule has 0 aromatic heterocycles. The molecule has 2 heterocycles. The van der Waals surface area contributed by atoms with E-state index < -0.39 is 0 Å². The largest absolute Gasteiger partial charge is 0.379 e. The molecule has 0 unspecified atom stereocenters. The van der Waals surface area contributed by atoms with E-state index in [-0.39, 0.29) is 17.6 Å². The summed E-state index contributed by atoms with van der Waals surface area (Å²) in [5.74, 6) is 2.27. The fourth-order valence-electron chi connectivity index (χ4n) is 3.14. The molecule has 2 amide bonds. The van der Waals surface area contributed by atoms with Crippen molar-refractivity contribution >= 4 is 17.8 Å². The highest BCUT2D eigenvalue weighted by Gasteiger charge is 2.40. The molecule has 22 heavy (non-hydrogen) atoms. The Morgan fingerprint density at radius 3 is 2.86 bits per heavy atom. The lowest BCUT2D eigenvalue weighted by molar-refractivity contribution is -0.0124. The van der Waals surface area contributed by atoms with E-state index >= 15 is 0 Å². The highest BCUT2D eigenvalue weighted by molar-refractivity contribution is 7.99. The van der Waals surface area contributed by atoms with Crippen molar-refractivity contribution in [2.45, 2.75) is 37.8 Å². The number of ether oxygens (including phenoxy) is 1. The maximum atomic E-state index is 12.2. The molecular weight excluding hydrogens is 298 g/mol. The highest BCUT2D eigenvalue weighted by Crippen LogP contribution is 2.33. The lowest BCUT2D eigenvalue weighted by Gasteiger charge is -2.43.